The quantitative estimate of drug-likeness (QED) is 0.797. The molecule has 0 saturated carbocycles. The van der Waals surface area contributed by atoms with E-state index in [9.17, 15) is 14.7 Å². The van der Waals surface area contributed by atoms with Crippen molar-refractivity contribution in [2.45, 2.75) is 19.8 Å². The Kier molecular flexibility index (Phi) is 5.17. The van der Waals surface area contributed by atoms with Crippen LogP contribution in [-0.2, 0) is 16.0 Å². The molecular weight excluding hydrogens is 234 g/mol. The van der Waals surface area contributed by atoms with E-state index < -0.39 is 5.97 Å². The summed E-state index contributed by atoms with van der Waals surface area (Å²) in [6.45, 7) is 2.45. The highest BCUT2D eigenvalue weighted by Crippen LogP contribution is 2.16. The number of carbonyl (C=O) groups is 2. The molecule has 0 fully saturated rings. The lowest BCUT2D eigenvalue weighted by atomic mass is 10.1. The number of hydrogen-bond donors (Lipinski definition) is 2. The van der Waals surface area contributed by atoms with Gasteiger partial charge in [-0.2, -0.15) is 0 Å². The van der Waals surface area contributed by atoms with Gasteiger partial charge in [0.25, 0.3) is 0 Å². The number of phenols is 1. The highest BCUT2D eigenvalue weighted by Gasteiger charge is 2.14. The maximum atomic E-state index is 11.9. The average molecular weight is 251 g/mol. The first-order valence-electron chi connectivity index (χ1n) is 5.81. The zero-order valence-electron chi connectivity index (χ0n) is 10.3. The van der Waals surface area contributed by atoms with Crippen LogP contribution in [-0.4, -0.2) is 40.1 Å². The van der Waals surface area contributed by atoms with Crippen molar-refractivity contribution in [3.63, 3.8) is 0 Å². The second-order valence-electron chi connectivity index (χ2n) is 3.92. The number of likely N-dealkylation sites (N-methyl/N-ethyl adjacent to an activating group) is 1. The molecule has 0 aliphatic carbocycles. The molecule has 0 aliphatic heterocycles. The maximum absolute atomic E-state index is 11.9. The summed E-state index contributed by atoms with van der Waals surface area (Å²) < 4.78 is 0. The van der Waals surface area contributed by atoms with E-state index in [4.69, 9.17) is 5.11 Å². The molecule has 0 saturated heterocycles. The van der Waals surface area contributed by atoms with Crippen molar-refractivity contribution >= 4 is 11.9 Å². The fraction of sp³-hybridized carbons (Fsp3) is 0.385. The number of benzene rings is 1. The Hall–Kier alpha value is -2.04. The van der Waals surface area contributed by atoms with Crippen LogP contribution in [0, 0.1) is 0 Å². The van der Waals surface area contributed by atoms with Crippen molar-refractivity contribution < 1.29 is 19.8 Å². The molecule has 0 radical (unpaired) electrons. The molecule has 0 unspecified atom stereocenters. The number of aromatic hydroxyl groups is 1. The van der Waals surface area contributed by atoms with Gasteiger partial charge in [0.2, 0.25) is 5.91 Å². The summed E-state index contributed by atoms with van der Waals surface area (Å²) >= 11 is 0. The van der Waals surface area contributed by atoms with Crippen LogP contribution in [0.4, 0.5) is 0 Å². The van der Waals surface area contributed by atoms with E-state index >= 15 is 0 Å². The summed E-state index contributed by atoms with van der Waals surface area (Å²) in [7, 11) is 0. The molecule has 1 rings (SSSR count). The van der Waals surface area contributed by atoms with E-state index in [1.54, 1.807) is 25.1 Å². The van der Waals surface area contributed by atoms with Crippen molar-refractivity contribution in [3.05, 3.63) is 29.8 Å². The average Bonchev–Trinajstić information content (AvgIpc) is 2.32. The number of phenolic OH excluding ortho intramolecular Hbond substituents is 1. The van der Waals surface area contributed by atoms with E-state index in [1.807, 2.05) is 0 Å². The third kappa shape index (κ3) is 4.08. The van der Waals surface area contributed by atoms with E-state index in [2.05, 4.69) is 0 Å². The molecule has 98 valence electrons. The number of aliphatic carboxylic acids is 1. The van der Waals surface area contributed by atoms with Gasteiger partial charge in [0, 0.05) is 18.7 Å². The van der Waals surface area contributed by atoms with Crippen molar-refractivity contribution in [1.29, 1.82) is 0 Å². The first-order chi connectivity index (χ1) is 8.54. The molecule has 1 aromatic carbocycles. The Morgan fingerprint density at radius 2 is 1.94 bits per heavy atom. The molecule has 1 aromatic rings. The van der Waals surface area contributed by atoms with Crippen LogP contribution in [0.15, 0.2) is 24.3 Å². The predicted molar refractivity (Wildman–Crippen MR) is 66.3 cm³/mol. The van der Waals surface area contributed by atoms with E-state index in [-0.39, 0.29) is 31.0 Å². The van der Waals surface area contributed by atoms with Crippen LogP contribution >= 0.6 is 0 Å². The molecular formula is C13H17NO4. The van der Waals surface area contributed by atoms with Gasteiger partial charge in [0.05, 0.1) is 12.8 Å². The van der Waals surface area contributed by atoms with Crippen molar-refractivity contribution in [2.75, 3.05) is 13.1 Å². The van der Waals surface area contributed by atoms with Gasteiger partial charge in [-0.05, 0) is 13.0 Å². The summed E-state index contributed by atoms with van der Waals surface area (Å²) in [6.07, 6.45) is 0.0144. The molecule has 0 aromatic heterocycles. The number of para-hydroxylation sites is 1. The lowest BCUT2D eigenvalue weighted by Crippen LogP contribution is -2.34. The summed E-state index contributed by atoms with van der Waals surface area (Å²) in [5.74, 6) is -1.02. The zero-order chi connectivity index (χ0) is 13.5. The van der Waals surface area contributed by atoms with Crippen LogP contribution in [0.25, 0.3) is 0 Å². The summed E-state index contributed by atoms with van der Waals surface area (Å²) in [6, 6.07) is 6.63. The molecule has 5 nitrogen and oxygen atoms in total. The van der Waals surface area contributed by atoms with Crippen LogP contribution in [0.5, 0.6) is 5.75 Å². The Labute approximate surface area is 106 Å². The summed E-state index contributed by atoms with van der Waals surface area (Å²) in [4.78, 5) is 23.9. The molecule has 0 aliphatic rings. The number of hydrogen-bond acceptors (Lipinski definition) is 3. The number of rotatable bonds is 6. The lowest BCUT2D eigenvalue weighted by Gasteiger charge is -2.20. The standard InChI is InChI=1S/C13H17NO4/c1-2-14(8-7-13(17)18)12(16)9-10-5-3-4-6-11(10)15/h3-6,15H,2,7-9H2,1H3,(H,17,18). The maximum Gasteiger partial charge on any atom is 0.305 e. The Balaban J connectivity index is 2.62. The third-order valence-electron chi connectivity index (χ3n) is 2.66. The third-order valence-corrected chi connectivity index (χ3v) is 2.66. The Bertz CT molecular complexity index is 431. The minimum Gasteiger partial charge on any atom is -0.508 e. The second-order valence-corrected chi connectivity index (χ2v) is 3.92. The minimum atomic E-state index is -0.927. The molecule has 0 heterocycles. The lowest BCUT2D eigenvalue weighted by molar-refractivity contribution is -0.138. The van der Waals surface area contributed by atoms with Crippen LogP contribution in [0.1, 0.15) is 18.9 Å². The van der Waals surface area contributed by atoms with E-state index in [1.165, 1.54) is 11.0 Å². The highest BCUT2D eigenvalue weighted by molar-refractivity contribution is 5.80. The normalized spacial score (nSPS) is 10.1. The second kappa shape index (κ2) is 6.64. The number of carboxylic acids is 1. The van der Waals surface area contributed by atoms with Gasteiger partial charge >= 0.3 is 5.97 Å². The van der Waals surface area contributed by atoms with Gasteiger partial charge in [-0.1, -0.05) is 18.2 Å². The number of amides is 1. The topological polar surface area (TPSA) is 77.8 Å². The van der Waals surface area contributed by atoms with Crippen LogP contribution in [0.2, 0.25) is 0 Å². The zero-order valence-corrected chi connectivity index (χ0v) is 10.3. The van der Waals surface area contributed by atoms with E-state index in [0.717, 1.165) is 0 Å². The monoisotopic (exact) mass is 251 g/mol. The van der Waals surface area contributed by atoms with Gasteiger partial charge in [-0.3, -0.25) is 9.59 Å². The van der Waals surface area contributed by atoms with Crippen molar-refractivity contribution in [3.8, 4) is 5.75 Å². The molecule has 0 atom stereocenters. The van der Waals surface area contributed by atoms with Gasteiger partial charge in [-0.25, -0.2) is 0 Å². The highest BCUT2D eigenvalue weighted by atomic mass is 16.4. The number of carbonyl (C=O) groups excluding carboxylic acids is 1. The fourth-order valence-electron chi connectivity index (χ4n) is 1.62. The van der Waals surface area contributed by atoms with Crippen molar-refractivity contribution in [1.82, 2.24) is 4.90 Å². The first kappa shape index (κ1) is 14.0. The molecule has 0 spiro atoms. The molecule has 0 bridgehead atoms. The van der Waals surface area contributed by atoms with Gasteiger partial charge in [-0.15, -0.1) is 0 Å². The predicted octanol–water partition coefficient (Wildman–Crippen LogP) is 1.26. The van der Waals surface area contributed by atoms with E-state index in [0.29, 0.717) is 12.1 Å². The molecule has 18 heavy (non-hydrogen) atoms. The summed E-state index contributed by atoms with van der Waals surface area (Å²) in [5, 5.41) is 18.2. The molecule has 1 amide bonds. The van der Waals surface area contributed by atoms with Crippen LogP contribution < -0.4 is 0 Å². The minimum absolute atomic E-state index is 0.0691. The largest absolute Gasteiger partial charge is 0.508 e. The van der Waals surface area contributed by atoms with Gasteiger partial charge in [0.1, 0.15) is 5.75 Å². The molecule has 5 heteroatoms. The first-order valence-corrected chi connectivity index (χ1v) is 5.81. The Morgan fingerprint density at radius 1 is 1.28 bits per heavy atom. The Morgan fingerprint density at radius 3 is 2.50 bits per heavy atom. The number of carboxylic acid groups (broad SMARTS) is 1. The summed E-state index contributed by atoms with van der Waals surface area (Å²) in [5.41, 5.74) is 0.552. The number of nitrogens with zero attached hydrogens (tertiary/aromatic N) is 1. The van der Waals surface area contributed by atoms with Gasteiger partial charge < -0.3 is 15.1 Å². The SMILES string of the molecule is CCN(CCC(=O)O)C(=O)Cc1ccccc1O. The molecule has 2 N–H and O–H groups in total. The smallest absolute Gasteiger partial charge is 0.305 e. The van der Waals surface area contributed by atoms with Crippen LogP contribution in [0.3, 0.4) is 0 Å². The van der Waals surface area contributed by atoms with Gasteiger partial charge in [0.15, 0.2) is 0 Å². The van der Waals surface area contributed by atoms with Crippen molar-refractivity contribution in [2.24, 2.45) is 0 Å². The fourth-order valence-corrected chi connectivity index (χ4v) is 1.62.